The van der Waals surface area contributed by atoms with Gasteiger partial charge in [-0.3, -0.25) is 4.98 Å². The lowest BCUT2D eigenvalue weighted by Gasteiger charge is -2.18. The Morgan fingerprint density at radius 3 is 2.38 bits per heavy atom. The summed E-state index contributed by atoms with van der Waals surface area (Å²) in [5.41, 5.74) is 2.17. The number of pyridine rings is 1. The maximum absolute atomic E-state index is 12.2. The first-order valence-corrected chi connectivity index (χ1v) is 6.52. The van der Waals surface area contributed by atoms with E-state index in [1.54, 1.807) is 18.5 Å². The molecule has 0 fully saturated rings. The van der Waals surface area contributed by atoms with Crippen LogP contribution in [0.4, 0.5) is 0 Å². The van der Waals surface area contributed by atoms with Gasteiger partial charge in [0.2, 0.25) is 0 Å². The number of nitrogens with zero attached hydrogens (tertiary/aromatic N) is 1. The second kappa shape index (κ2) is 6.05. The maximum Gasteiger partial charge on any atom is 0.342 e. The monoisotopic (exact) mass is 279 g/mol. The van der Waals surface area contributed by atoms with E-state index < -0.39 is 12.1 Å². The van der Waals surface area contributed by atoms with Crippen LogP contribution in [0.25, 0.3) is 0 Å². The average molecular weight is 279 g/mol. The standard InChI is InChI=1S/C17H13NO3/c19-17(15-8-11-20-12-15)21-16(13-4-2-1-3-5-13)14-6-9-18-10-7-14/h1-12,16H. The molecule has 2 aromatic heterocycles. The molecule has 0 saturated heterocycles. The summed E-state index contributed by atoms with van der Waals surface area (Å²) < 4.78 is 10.6. The van der Waals surface area contributed by atoms with Crippen LogP contribution in [-0.4, -0.2) is 11.0 Å². The van der Waals surface area contributed by atoms with E-state index in [1.165, 1.54) is 12.5 Å². The predicted molar refractivity (Wildman–Crippen MR) is 76.6 cm³/mol. The summed E-state index contributed by atoms with van der Waals surface area (Å²) in [5, 5.41) is 0. The number of furan rings is 1. The maximum atomic E-state index is 12.2. The molecule has 0 spiro atoms. The van der Waals surface area contributed by atoms with Crippen molar-refractivity contribution in [1.82, 2.24) is 4.98 Å². The zero-order valence-corrected chi connectivity index (χ0v) is 11.2. The van der Waals surface area contributed by atoms with Crippen molar-refractivity contribution in [2.45, 2.75) is 6.10 Å². The van der Waals surface area contributed by atoms with E-state index >= 15 is 0 Å². The molecule has 0 radical (unpaired) electrons. The van der Waals surface area contributed by atoms with Crippen LogP contribution < -0.4 is 0 Å². The molecule has 0 aliphatic heterocycles. The summed E-state index contributed by atoms with van der Waals surface area (Å²) in [7, 11) is 0. The molecule has 1 atom stereocenters. The molecule has 4 heteroatoms. The van der Waals surface area contributed by atoms with Gasteiger partial charge >= 0.3 is 5.97 Å². The minimum atomic E-state index is -0.475. The van der Waals surface area contributed by atoms with Crippen molar-refractivity contribution >= 4 is 5.97 Å². The Bertz CT molecular complexity index is 654. The molecule has 0 aliphatic carbocycles. The zero-order valence-electron chi connectivity index (χ0n) is 11.2. The number of esters is 1. The summed E-state index contributed by atoms with van der Waals surface area (Å²) in [6, 6.07) is 14.8. The SMILES string of the molecule is O=C(OC(c1ccccc1)c1ccncc1)c1ccoc1. The van der Waals surface area contributed by atoms with Gasteiger partial charge in [-0.15, -0.1) is 0 Å². The molecule has 0 aliphatic rings. The lowest BCUT2D eigenvalue weighted by Crippen LogP contribution is -2.12. The highest BCUT2D eigenvalue weighted by atomic mass is 16.5. The summed E-state index contributed by atoms with van der Waals surface area (Å²) in [6.07, 6.45) is 5.70. The molecule has 1 aromatic carbocycles. The van der Waals surface area contributed by atoms with Gasteiger partial charge in [0.1, 0.15) is 6.26 Å². The van der Waals surface area contributed by atoms with Gasteiger partial charge in [-0.25, -0.2) is 4.79 Å². The molecule has 0 saturated carbocycles. The lowest BCUT2D eigenvalue weighted by molar-refractivity contribution is 0.0377. The van der Waals surface area contributed by atoms with Crippen LogP contribution in [0.15, 0.2) is 77.9 Å². The second-order valence-electron chi connectivity index (χ2n) is 4.49. The van der Waals surface area contributed by atoms with Gasteiger partial charge in [-0.1, -0.05) is 30.3 Å². The van der Waals surface area contributed by atoms with Gasteiger partial charge < -0.3 is 9.15 Å². The Morgan fingerprint density at radius 2 is 1.71 bits per heavy atom. The van der Waals surface area contributed by atoms with Gasteiger partial charge in [0.05, 0.1) is 11.8 Å². The molecule has 0 bridgehead atoms. The van der Waals surface area contributed by atoms with Crippen molar-refractivity contribution in [3.63, 3.8) is 0 Å². The molecule has 0 N–H and O–H groups in total. The van der Waals surface area contributed by atoms with Gasteiger partial charge in [0, 0.05) is 18.0 Å². The minimum Gasteiger partial charge on any atom is -0.472 e. The number of hydrogen-bond donors (Lipinski definition) is 0. The van der Waals surface area contributed by atoms with Crippen LogP contribution >= 0.6 is 0 Å². The quantitative estimate of drug-likeness (QED) is 0.684. The fraction of sp³-hybridized carbons (Fsp3) is 0.0588. The van der Waals surface area contributed by atoms with E-state index in [-0.39, 0.29) is 0 Å². The van der Waals surface area contributed by atoms with Crippen LogP contribution in [0.3, 0.4) is 0 Å². The van der Waals surface area contributed by atoms with E-state index in [1.807, 2.05) is 42.5 Å². The molecule has 2 heterocycles. The second-order valence-corrected chi connectivity index (χ2v) is 4.49. The van der Waals surface area contributed by atoms with E-state index in [0.29, 0.717) is 5.56 Å². The molecule has 4 nitrogen and oxygen atoms in total. The van der Waals surface area contributed by atoms with Crippen molar-refractivity contribution in [3.8, 4) is 0 Å². The Morgan fingerprint density at radius 1 is 1.00 bits per heavy atom. The zero-order chi connectivity index (χ0) is 14.5. The minimum absolute atomic E-state index is 0.394. The highest BCUT2D eigenvalue weighted by Crippen LogP contribution is 2.26. The molecule has 1 unspecified atom stereocenters. The fourth-order valence-corrected chi connectivity index (χ4v) is 2.05. The molecule has 104 valence electrons. The smallest absolute Gasteiger partial charge is 0.342 e. The Balaban J connectivity index is 1.92. The van der Waals surface area contributed by atoms with Crippen LogP contribution in [0, 0.1) is 0 Å². The van der Waals surface area contributed by atoms with Crippen molar-refractivity contribution in [3.05, 3.63) is 90.1 Å². The summed E-state index contributed by atoms with van der Waals surface area (Å²) >= 11 is 0. The van der Waals surface area contributed by atoms with E-state index in [9.17, 15) is 4.79 Å². The molecule has 3 rings (SSSR count). The number of carbonyl (C=O) groups is 1. The number of aromatic nitrogens is 1. The number of hydrogen-bond acceptors (Lipinski definition) is 4. The molecular formula is C17H13NO3. The van der Waals surface area contributed by atoms with Gasteiger partial charge in [-0.2, -0.15) is 0 Å². The predicted octanol–water partition coefficient (Wildman–Crippen LogP) is 3.62. The van der Waals surface area contributed by atoms with Crippen LogP contribution in [0.2, 0.25) is 0 Å². The number of carbonyl (C=O) groups excluding carboxylic acids is 1. The highest BCUT2D eigenvalue weighted by Gasteiger charge is 2.20. The topological polar surface area (TPSA) is 52.3 Å². The van der Waals surface area contributed by atoms with Crippen molar-refractivity contribution < 1.29 is 13.9 Å². The van der Waals surface area contributed by atoms with Crippen molar-refractivity contribution in [1.29, 1.82) is 0 Å². The van der Waals surface area contributed by atoms with E-state index in [4.69, 9.17) is 9.15 Å². The Kier molecular flexibility index (Phi) is 3.78. The summed E-state index contributed by atoms with van der Waals surface area (Å²) in [5.74, 6) is -0.422. The highest BCUT2D eigenvalue weighted by molar-refractivity contribution is 5.89. The van der Waals surface area contributed by atoms with E-state index in [2.05, 4.69) is 4.98 Å². The third-order valence-electron chi connectivity index (χ3n) is 3.09. The largest absolute Gasteiger partial charge is 0.472 e. The van der Waals surface area contributed by atoms with Gasteiger partial charge in [0.15, 0.2) is 6.10 Å². The lowest BCUT2D eigenvalue weighted by atomic mass is 10.0. The first-order chi connectivity index (χ1) is 10.3. The number of benzene rings is 1. The Hall–Kier alpha value is -2.88. The summed E-state index contributed by atoms with van der Waals surface area (Å²) in [6.45, 7) is 0. The number of rotatable bonds is 4. The van der Waals surface area contributed by atoms with Crippen LogP contribution in [-0.2, 0) is 4.74 Å². The van der Waals surface area contributed by atoms with Crippen molar-refractivity contribution in [2.24, 2.45) is 0 Å². The third-order valence-corrected chi connectivity index (χ3v) is 3.09. The fourth-order valence-electron chi connectivity index (χ4n) is 2.05. The van der Waals surface area contributed by atoms with Gasteiger partial charge in [-0.05, 0) is 23.8 Å². The normalized spacial score (nSPS) is 11.8. The van der Waals surface area contributed by atoms with Gasteiger partial charge in [0.25, 0.3) is 0 Å². The molecular weight excluding hydrogens is 266 g/mol. The van der Waals surface area contributed by atoms with Crippen LogP contribution in [0.1, 0.15) is 27.6 Å². The third kappa shape index (κ3) is 3.00. The van der Waals surface area contributed by atoms with E-state index in [0.717, 1.165) is 11.1 Å². The molecule has 21 heavy (non-hydrogen) atoms. The Labute approximate surface area is 122 Å². The van der Waals surface area contributed by atoms with Crippen LogP contribution in [0.5, 0.6) is 0 Å². The number of ether oxygens (including phenoxy) is 1. The first kappa shape index (κ1) is 13.1. The van der Waals surface area contributed by atoms with Crippen molar-refractivity contribution in [2.75, 3.05) is 0 Å². The average Bonchev–Trinajstić information content (AvgIpc) is 3.09. The molecule has 0 amide bonds. The first-order valence-electron chi connectivity index (χ1n) is 6.52. The summed E-state index contributed by atoms with van der Waals surface area (Å²) in [4.78, 5) is 16.2. The molecule has 3 aromatic rings.